The second-order valence-corrected chi connectivity index (χ2v) is 8.70. The van der Waals surface area contributed by atoms with Gasteiger partial charge in [-0.05, 0) is 39.0 Å². The van der Waals surface area contributed by atoms with E-state index in [0.29, 0.717) is 4.31 Å². The molecule has 0 saturated carbocycles. The monoisotopic (exact) mass is 427 g/mol. The summed E-state index contributed by atoms with van der Waals surface area (Å²) >= 11 is 0. The molecule has 0 rings (SSSR count). The van der Waals surface area contributed by atoms with Crippen molar-refractivity contribution < 1.29 is 48.4 Å². The molecule has 1 amide bonds. The van der Waals surface area contributed by atoms with Crippen LogP contribution in [0, 0.1) is 0 Å². The molecule has 7 heteroatoms. The van der Waals surface area contributed by atoms with E-state index in [9.17, 15) is 13.2 Å². The van der Waals surface area contributed by atoms with Crippen LogP contribution in [0.25, 0.3) is 0 Å². The molecular formula is C21H42NNaO4S. The maximum absolute atomic E-state index is 11.9. The minimum atomic E-state index is -3.90. The number of rotatable bonds is 18. The van der Waals surface area contributed by atoms with Crippen molar-refractivity contribution >= 4 is 16.2 Å². The van der Waals surface area contributed by atoms with Crippen LogP contribution in [0.15, 0.2) is 12.2 Å². The number of hydrogen-bond acceptors (Lipinski definition) is 4. The molecule has 0 bridgehead atoms. The zero-order chi connectivity index (χ0) is 20.4. The van der Waals surface area contributed by atoms with Crippen molar-refractivity contribution in [3.63, 3.8) is 0 Å². The van der Waals surface area contributed by atoms with Crippen molar-refractivity contribution in [2.75, 3.05) is 13.7 Å². The predicted molar refractivity (Wildman–Crippen MR) is 114 cm³/mol. The molecule has 0 aromatic rings. The van der Waals surface area contributed by atoms with Gasteiger partial charge in [-0.1, -0.05) is 70.4 Å². The van der Waals surface area contributed by atoms with Crippen LogP contribution in [0.2, 0.25) is 0 Å². The van der Waals surface area contributed by atoms with Gasteiger partial charge in [-0.25, -0.2) is 4.31 Å². The number of amides is 1. The van der Waals surface area contributed by atoms with E-state index in [1.54, 1.807) is 6.92 Å². The topological polar surface area (TPSA) is 63.7 Å². The summed E-state index contributed by atoms with van der Waals surface area (Å²) in [6.07, 6.45) is 20.4. The van der Waals surface area contributed by atoms with E-state index >= 15 is 0 Å². The van der Waals surface area contributed by atoms with E-state index in [1.165, 1.54) is 58.4 Å². The number of allylic oxidation sites excluding steroid dienone is 2. The maximum atomic E-state index is 11.9. The third-order valence-electron chi connectivity index (χ3n) is 4.61. The summed E-state index contributed by atoms with van der Waals surface area (Å²) in [5, 5.41) is 0. The Kier molecular flexibility index (Phi) is 22.1. The molecule has 0 fully saturated rings. The van der Waals surface area contributed by atoms with Crippen LogP contribution in [0.3, 0.4) is 0 Å². The van der Waals surface area contributed by atoms with Gasteiger partial charge in [-0.3, -0.25) is 8.98 Å². The third-order valence-corrected chi connectivity index (χ3v) is 6.01. The van der Waals surface area contributed by atoms with Gasteiger partial charge < -0.3 is 1.43 Å². The van der Waals surface area contributed by atoms with Crippen LogP contribution in [0.4, 0.5) is 0 Å². The Morgan fingerprint density at radius 1 is 0.857 bits per heavy atom. The molecule has 28 heavy (non-hydrogen) atoms. The zero-order valence-electron chi connectivity index (χ0n) is 19.7. The Bertz CT molecular complexity index is 501. The van der Waals surface area contributed by atoms with Gasteiger partial charge in [-0.15, -0.1) is 0 Å². The molecule has 0 aliphatic rings. The fraction of sp³-hybridized carbons (Fsp3) is 0.857. The molecular weight excluding hydrogens is 385 g/mol. The smallest absolute Gasteiger partial charge is 1.00 e. The van der Waals surface area contributed by atoms with Gasteiger partial charge in [0.05, 0.1) is 6.61 Å². The normalized spacial score (nSPS) is 11.5. The third kappa shape index (κ3) is 17.0. The molecule has 5 nitrogen and oxygen atoms in total. The SMILES string of the molecule is CCCCCCCC/C=C\CCCCCCCC(=O)N(C)S(=O)(=O)OCC.[H-].[Na+]. The van der Waals surface area contributed by atoms with Crippen LogP contribution in [0.5, 0.6) is 0 Å². The molecule has 0 aromatic carbocycles. The molecule has 0 aliphatic carbocycles. The van der Waals surface area contributed by atoms with Gasteiger partial charge in [0.25, 0.3) is 0 Å². The molecule has 162 valence electrons. The largest absolute Gasteiger partial charge is 1.00 e. The summed E-state index contributed by atoms with van der Waals surface area (Å²) in [5.74, 6) is -0.402. The molecule has 0 unspecified atom stereocenters. The molecule has 0 aromatic heterocycles. The summed E-state index contributed by atoms with van der Waals surface area (Å²) in [7, 11) is -2.65. The first-order valence-electron chi connectivity index (χ1n) is 10.8. The van der Waals surface area contributed by atoms with Crippen molar-refractivity contribution in [3.8, 4) is 0 Å². The molecule has 0 aliphatic heterocycles. The standard InChI is InChI=1S/C21H41NO4S.Na.H/c1-4-6-7-8-9-10-11-12-13-14-15-16-17-18-19-20-21(23)22(3)27(24,25)26-5-2;;/h12-13H,4-11,14-20H2,1-3H3;;/q;+1;-1/b13-12-;;. The molecule has 0 N–H and O–H groups in total. The number of unbranched alkanes of at least 4 members (excludes halogenated alkanes) is 11. The van der Waals surface area contributed by atoms with Crippen molar-refractivity contribution in [2.24, 2.45) is 0 Å². The van der Waals surface area contributed by atoms with Crippen LogP contribution >= 0.6 is 0 Å². The molecule has 0 heterocycles. The Balaban J connectivity index is -0.00000338. The average Bonchev–Trinajstić information content (AvgIpc) is 2.64. The van der Waals surface area contributed by atoms with Crippen LogP contribution in [0.1, 0.15) is 105 Å². The average molecular weight is 428 g/mol. The van der Waals surface area contributed by atoms with E-state index in [2.05, 4.69) is 23.3 Å². The second-order valence-electron chi connectivity index (χ2n) is 7.06. The van der Waals surface area contributed by atoms with Gasteiger partial charge in [0.15, 0.2) is 0 Å². The Hall–Kier alpha value is 0.120. The molecule has 0 saturated heterocycles. The Morgan fingerprint density at radius 3 is 1.82 bits per heavy atom. The van der Waals surface area contributed by atoms with E-state index in [4.69, 9.17) is 0 Å². The Labute approximate surface area is 197 Å². The fourth-order valence-electron chi connectivity index (χ4n) is 2.86. The van der Waals surface area contributed by atoms with Gasteiger partial charge in [0, 0.05) is 13.5 Å². The maximum Gasteiger partial charge on any atom is 1.00 e. The second kappa shape index (κ2) is 20.4. The zero-order valence-corrected chi connectivity index (χ0v) is 21.6. The number of nitrogens with zero attached hydrogens (tertiary/aromatic N) is 1. The minimum Gasteiger partial charge on any atom is -1.00 e. The Morgan fingerprint density at radius 2 is 1.32 bits per heavy atom. The first-order chi connectivity index (χ1) is 13.0. The van der Waals surface area contributed by atoms with Crippen LogP contribution in [-0.4, -0.2) is 32.3 Å². The van der Waals surface area contributed by atoms with E-state index in [0.717, 1.165) is 32.1 Å². The quantitative estimate of drug-likeness (QED) is 0.192. The summed E-state index contributed by atoms with van der Waals surface area (Å²) in [6.45, 7) is 3.87. The van der Waals surface area contributed by atoms with Gasteiger partial charge in [0.1, 0.15) is 0 Å². The molecule has 0 radical (unpaired) electrons. The van der Waals surface area contributed by atoms with Gasteiger partial charge in [-0.2, -0.15) is 8.42 Å². The number of carbonyl (C=O) groups excluding carboxylic acids is 1. The summed E-state index contributed by atoms with van der Waals surface area (Å²) in [4.78, 5) is 11.9. The molecule has 0 atom stereocenters. The van der Waals surface area contributed by atoms with Gasteiger partial charge >= 0.3 is 39.9 Å². The van der Waals surface area contributed by atoms with Crippen molar-refractivity contribution in [2.45, 2.75) is 104 Å². The van der Waals surface area contributed by atoms with Crippen LogP contribution < -0.4 is 29.6 Å². The minimum absolute atomic E-state index is 0. The summed E-state index contributed by atoms with van der Waals surface area (Å²) < 4.78 is 28.5. The molecule has 0 spiro atoms. The van der Waals surface area contributed by atoms with Gasteiger partial charge in [0.2, 0.25) is 5.91 Å². The van der Waals surface area contributed by atoms with Crippen molar-refractivity contribution in [1.29, 1.82) is 0 Å². The number of carbonyl (C=O) groups is 1. The first-order valence-corrected chi connectivity index (χ1v) is 12.1. The fourth-order valence-corrected chi connectivity index (χ4v) is 3.65. The van der Waals surface area contributed by atoms with E-state index < -0.39 is 16.2 Å². The number of hydrogen-bond donors (Lipinski definition) is 0. The van der Waals surface area contributed by atoms with Crippen molar-refractivity contribution in [3.05, 3.63) is 12.2 Å². The van der Waals surface area contributed by atoms with E-state index in [1.807, 2.05) is 0 Å². The summed E-state index contributed by atoms with van der Waals surface area (Å²) in [6, 6.07) is 0. The van der Waals surface area contributed by atoms with E-state index in [-0.39, 0.29) is 44.0 Å². The van der Waals surface area contributed by atoms with Crippen molar-refractivity contribution in [1.82, 2.24) is 4.31 Å². The summed E-state index contributed by atoms with van der Waals surface area (Å²) in [5.41, 5.74) is 0. The van der Waals surface area contributed by atoms with Crippen LogP contribution in [-0.2, 0) is 19.3 Å². The predicted octanol–water partition coefficient (Wildman–Crippen LogP) is 2.88. The first kappa shape index (κ1) is 30.3.